The highest BCUT2D eigenvalue weighted by atomic mass is 19.1. The van der Waals surface area contributed by atoms with E-state index >= 15 is 0 Å². The molecule has 2 aromatic carbocycles. The molecule has 0 aliphatic carbocycles. The zero-order valence-corrected chi connectivity index (χ0v) is 20.6. The summed E-state index contributed by atoms with van der Waals surface area (Å²) < 4.78 is 31.4. The van der Waals surface area contributed by atoms with Gasteiger partial charge in [0.25, 0.3) is 0 Å². The van der Waals surface area contributed by atoms with Crippen molar-refractivity contribution >= 4 is 16.8 Å². The lowest BCUT2D eigenvalue weighted by atomic mass is 10.0. The quantitative estimate of drug-likeness (QED) is 0.170. The molecule has 5 heteroatoms. The van der Waals surface area contributed by atoms with Gasteiger partial charge in [-0.15, -0.1) is 6.58 Å². The highest BCUT2D eigenvalue weighted by Gasteiger charge is 2.14. The maximum absolute atomic E-state index is 14.9. The number of allylic oxidation sites excluding steroid dienone is 2. The molecule has 0 atom stereocenters. The molecule has 0 radical (unpaired) electrons. The molecule has 0 aliphatic heterocycles. The van der Waals surface area contributed by atoms with E-state index in [1.807, 2.05) is 6.08 Å². The molecule has 0 amide bonds. The van der Waals surface area contributed by atoms with Crippen molar-refractivity contribution in [3.63, 3.8) is 0 Å². The smallest absolute Gasteiger partial charge is 0.346 e. The van der Waals surface area contributed by atoms with Crippen LogP contribution in [0.4, 0.5) is 4.39 Å². The number of hydrogen-bond donors (Lipinski definition) is 0. The van der Waals surface area contributed by atoms with Gasteiger partial charge in [0.1, 0.15) is 11.1 Å². The normalized spacial score (nSPS) is 11.4. The molecular formula is C30H35FO4. The fourth-order valence-electron chi connectivity index (χ4n) is 3.70. The monoisotopic (exact) mass is 478 g/mol. The van der Waals surface area contributed by atoms with Crippen molar-refractivity contribution < 1.29 is 18.3 Å². The first kappa shape index (κ1) is 26.4. The number of unbranched alkanes of at least 4 members (excludes halogenated alkanes) is 2. The molecule has 3 rings (SSSR count). The van der Waals surface area contributed by atoms with Crippen LogP contribution in [0.1, 0.15) is 55.9 Å². The van der Waals surface area contributed by atoms with Crippen molar-refractivity contribution in [3.05, 3.63) is 94.3 Å². The number of rotatable bonds is 15. The van der Waals surface area contributed by atoms with E-state index in [9.17, 15) is 9.18 Å². The molecule has 0 spiro atoms. The number of benzene rings is 2. The van der Waals surface area contributed by atoms with E-state index in [-0.39, 0.29) is 11.1 Å². The maximum Gasteiger partial charge on any atom is 0.346 e. The van der Waals surface area contributed by atoms with E-state index in [1.54, 1.807) is 18.2 Å². The molecule has 1 heterocycles. The van der Waals surface area contributed by atoms with Gasteiger partial charge in [-0.05, 0) is 54.3 Å². The average molecular weight is 479 g/mol. The molecular weight excluding hydrogens is 443 g/mol. The topological polar surface area (TPSA) is 48.7 Å². The third-order valence-electron chi connectivity index (χ3n) is 5.70. The Labute approximate surface area is 207 Å². The summed E-state index contributed by atoms with van der Waals surface area (Å²) in [5.41, 5.74) is 1.61. The van der Waals surface area contributed by atoms with Crippen molar-refractivity contribution in [2.45, 2.75) is 51.9 Å². The summed E-state index contributed by atoms with van der Waals surface area (Å²) in [6.45, 7) is 7.45. The molecule has 4 nitrogen and oxygen atoms in total. The second-order valence-corrected chi connectivity index (χ2v) is 8.52. The molecule has 0 fully saturated rings. The summed E-state index contributed by atoms with van der Waals surface area (Å²) in [4.78, 5) is 12.6. The third-order valence-corrected chi connectivity index (χ3v) is 5.70. The van der Waals surface area contributed by atoms with Crippen molar-refractivity contribution in [2.24, 2.45) is 0 Å². The van der Waals surface area contributed by atoms with Crippen molar-refractivity contribution in [2.75, 3.05) is 19.8 Å². The first-order valence-corrected chi connectivity index (χ1v) is 12.4. The molecule has 0 saturated carbocycles. The SMILES string of the molecule is C=CCC/C=C/c1ccc(CCc2cc3ccc(OCCCOCCCC)c(F)c3c(=O)o2)cc1. The summed E-state index contributed by atoms with van der Waals surface area (Å²) in [5, 5.41) is 0.446. The van der Waals surface area contributed by atoms with Gasteiger partial charge in [0.2, 0.25) is 0 Å². The van der Waals surface area contributed by atoms with Gasteiger partial charge in [0, 0.05) is 26.1 Å². The van der Waals surface area contributed by atoms with Gasteiger partial charge >= 0.3 is 5.63 Å². The van der Waals surface area contributed by atoms with Gasteiger partial charge in [-0.1, -0.05) is 61.9 Å². The van der Waals surface area contributed by atoms with Gasteiger partial charge in [-0.2, -0.15) is 0 Å². The fraction of sp³-hybridized carbons (Fsp3) is 0.367. The fourth-order valence-corrected chi connectivity index (χ4v) is 3.70. The van der Waals surface area contributed by atoms with Gasteiger partial charge in [0.15, 0.2) is 11.6 Å². The van der Waals surface area contributed by atoms with Crippen LogP contribution in [0.2, 0.25) is 0 Å². The molecule has 186 valence electrons. The summed E-state index contributed by atoms with van der Waals surface area (Å²) in [6.07, 6.45) is 12.1. The van der Waals surface area contributed by atoms with Gasteiger partial charge in [0.05, 0.1) is 6.61 Å². The zero-order valence-electron chi connectivity index (χ0n) is 20.6. The highest BCUT2D eigenvalue weighted by Crippen LogP contribution is 2.25. The van der Waals surface area contributed by atoms with E-state index in [1.165, 1.54) is 0 Å². The standard InChI is InChI=1S/C30H35FO4/c1-3-5-7-8-10-23-11-13-24(14-12-23)15-17-26-22-25-16-18-27(29(31)28(25)30(32)35-26)34-21-9-20-33-19-6-4-2/h3,8,10-14,16,18,22H,1,4-7,9,15,17,19-21H2,2H3/b10-8+. The molecule has 1 aromatic heterocycles. The lowest BCUT2D eigenvalue weighted by Crippen LogP contribution is -2.08. The van der Waals surface area contributed by atoms with Crippen molar-refractivity contribution in [1.29, 1.82) is 0 Å². The minimum absolute atomic E-state index is 0.0599. The highest BCUT2D eigenvalue weighted by molar-refractivity contribution is 5.83. The molecule has 0 unspecified atom stereocenters. The van der Waals surface area contributed by atoms with Crippen molar-refractivity contribution in [3.8, 4) is 5.75 Å². The van der Waals surface area contributed by atoms with Gasteiger partial charge < -0.3 is 13.9 Å². The Bertz CT molecular complexity index is 1160. The van der Waals surface area contributed by atoms with E-state index in [2.05, 4.69) is 49.9 Å². The summed E-state index contributed by atoms with van der Waals surface area (Å²) >= 11 is 0. The van der Waals surface area contributed by atoms with Gasteiger partial charge in [-0.3, -0.25) is 0 Å². The molecule has 0 bridgehead atoms. The maximum atomic E-state index is 14.9. The van der Waals surface area contributed by atoms with Crippen LogP contribution in [-0.2, 0) is 17.6 Å². The van der Waals surface area contributed by atoms with Crippen LogP contribution >= 0.6 is 0 Å². The Balaban J connectivity index is 1.58. The number of hydrogen-bond acceptors (Lipinski definition) is 4. The first-order chi connectivity index (χ1) is 17.1. The lowest BCUT2D eigenvalue weighted by molar-refractivity contribution is 0.116. The van der Waals surface area contributed by atoms with Gasteiger partial charge in [-0.25, -0.2) is 9.18 Å². The molecule has 0 saturated heterocycles. The van der Waals surface area contributed by atoms with Crippen LogP contribution in [0, 0.1) is 5.82 Å². The van der Waals surface area contributed by atoms with E-state index in [0.717, 1.165) is 49.8 Å². The van der Waals surface area contributed by atoms with Crippen molar-refractivity contribution in [1.82, 2.24) is 0 Å². The van der Waals surface area contributed by atoms with Crippen LogP contribution in [0.25, 0.3) is 16.8 Å². The van der Waals surface area contributed by atoms with Crippen LogP contribution in [-0.4, -0.2) is 19.8 Å². The largest absolute Gasteiger partial charge is 0.490 e. The number of aryl methyl sites for hydroxylation is 2. The Hall–Kier alpha value is -3.18. The Morgan fingerprint density at radius 1 is 1.00 bits per heavy atom. The molecule has 0 aliphatic rings. The zero-order chi connectivity index (χ0) is 24.9. The molecule has 0 N–H and O–H groups in total. The Morgan fingerprint density at radius 2 is 1.80 bits per heavy atom. The van der Waals surface area contributed by atoms with E-state index in [4.69, 9.17) is 13.9 Å². The second kappa shape index (κ2) is 14.3. The lowest BCUT2D eigenvalue weighted by Gasteiger charge is -2.10. The summed E-state index contributed by atoms with van der Waals surface area (Å²) in [6, 6.07) is 13.3. The number of ether oxygens (including phenoxy) is 2. The Morgan fingerprint density at radius 3 is 2.57 bits per heavy atom. The Kier molecular flexibility index (Phi) is 10.8. The second-order valence-electron chi connectivity index (χ2n) is 8.52. The first-order valence-electron chi connectivity index (χ1n) is 12.4. The van der Waals surface area contributed by atoms with Crippen LogP contribution < -0.4 is 10.4 Å². The third kappa shape index (κ3) is 8.22. The number of halogens is 1. The summed E-state index contributed by atoms with van der Waals surface area (Å²) in [7, 11) is 0. The van der Waals surface area contributed by atoms with E-state index < -0.39 is 11.4 Å². The van der Waals surface area contributed by atoms with E-state index in [0.29, 0.717) is 37.2 Å². The molecule has 35 heavy (non-hydrogen) atoms. The summed E-state index contributed by atoms with van der Waals surface area (Å²) in [5.74, 6) is -0.0793. The number of fused-ring (bicyclic) bond motifs is 1. The van der Waals surface area contributed by atoms with Crippen LogP contribution in [0.15, 0.2) is 70.4 Å². The predicted molar refractivity (Wildman–Crippen MR) is 141 cm³/mol. The average Bonchev–Trinajstić information content (AvgIpc) is 2.86. The minimum Gasteiger partial charge on any atom is -0.490 e. The van der Waals surface area contributed by atoms with Crippen LogP contribution in [0.3, 0.4) is 0 Å². The molecule has 3 aromatic rings. The van der Waals surface area contributed by atoms with Crippen LogP contribution in [0.5, 0.6) is 5.75 Å². The predicted octanol–water partition coefficient (Wildman–Crippen LogP) is 7.28. The minimum atomic E-state index is -0.677.